The molecule has 0 bridgehead atoms. The van der Waals surface area contributed by atoms with Crippen molar-refractivity contribution in [3.8, 4) is 0 Å². The highest BCUT2D eigenvalue weighted by Crippen LogP contribution is 2.30. The van der Waals surface area contributed by atoms with Gasteiger partial charge in [-0.15, -0.1) is 0 Å². The second kappa shape index (κ2) is 6.30. The van der Waals surface area contributed by atoms with Crippen LogP contribution in [0.2, 0.25) is 0 Å². The average Bonchev–Trinajstić information content (AvgIpc) is 2.46. The molecule has 0 saturated carbocycles. The van der Waals surface area contributed by atoms with Crippen molar-refractivity contribution in [1.82, 2.24) is 14.7 Å². The van der Waals surface area contributed by atoms with Crippen LogP contribution in [0.25, 0.3) is 0 Å². The summed E-state index contributed by atoms with van der Waals surface area (Å²) >= 11 is 0. The van der Waals surface area contributed by atoms with E-state index in [1.807, 2.05) is 0 Å². The zero-order chi connectivity index (χ0) is 14.8. The fraction of sp³-hybridized carbons (Fsp3) is 1.00. The van der Waals surface area contributed by atoms with Gasteiger partial charge in [0, 0.05) is 43.8 Å². The molecule has 118 valence electrons. The van der Waals surface area contributed by atoms with Gasteiger partial charge in [-0.05, 0) is 53.2 Å². The zero-order valence-electron chi connectivity index (χ0n) is 14.0. The first-order valence-electron chi connectivity index (χ1n) is 8.34. The van der Waals surface area contributed by atoms with Gasteiger partial charge in [0.2, 0.25) is 0 Å². The molecule has 2 fully saturated rings. The van der Waals surface area contributed by atoms with Gasteiger partial charge >= 0.3 is 0 Å². The summed E-state index contributed by atoms with van der Waals surface area (Å²) in [7, 11) is 0. The van der Waals surface area contributed by atoms with Gasteiger partial charge in [-0.3, -0.25) is 9.80 Å². The number of piperazine rings is 1. The van der Waals surface area contributed by atoms with Crippen LogP contribution in [-0.4, -0.2) is 78.1 Å². The SMILES string of the molecule is CCN1CCC(CN)(N2CCN(C(C)(C)C)CC2)CC1. The number of hydrogen-bond acceptors (Lipinski definition) is 4. The van der Waals surface area contributed by atoms with E-state index >= 15 is 0 Å². The Morgan fingerprint density at radius 1 is 0.950 bits per heavy atom. The van der Waals surface area contributed by atoms with Crippen LogP contribution in [0, 0.1) is 0 Å². The van der Waals surface area contributed by atoms with Gasteiger partial charge in [0.15, 0.2) is 0 Å². The van der Waals surface area contributed by atoms with Crippen molar-refractivity contribution in [1.29, 1.82) is 0 Å². The molecule has 0 aliphatic carbocycles. The summed E-state index contributed by atoms with van der Waals surface area (Å²) in [6, 6.07) is 0. The van der Waals surface area contributed by atoms with E-state index in [2.05, 4.69) is 42.4 Å². The molecule has 0 radical (unpaired) electrons. The monoisotopic (exact) mass is 282 g/mol. The molecule has 2 heterocycles. The molecular formula is C16H34N4. The number of rotatable bonds is 3. The van der Waals surface area contributed by atoms with Gasteiger partial charge in [0.1, 0.15) is 0 Å². The van der Waals surface area contributed by atoms with Crippen molar-refractivity contribution in [2.24, 2.45) is 5.73 Å². The van der Waals surface area contributed by atoms with E-state index in [1.54, 1.807) is 0 Å². The lowest BCUT2D eigenvalue weighted by Crippen LogP contribution is -2.65. The Labute approximate surface area is 125 Å². The van der Waals surface area contributed by atoms with Crippen LogP contribution in [0.15, 0.2) is 0 Å². The molecule has 4 nitrogen and oxygen atoms in total. The third-order valence-electron chi connectivity index (χ3n) is 5.51. The Balaban J connectivity index is 1.94. The van der Waals surface area contributed by atoms with Crippen LogP contribution in [0.4, 0.5) is 0 Å². The largest absolute Gasteiger partial charge is 0.329 e. The highest BCUT2D eigenvalue weighted by atomic mass is 15.3. The minimum atomic E-state index is 0.273. The lowest BCUT2D eigenvalue weighted by atomic mass is 9.84. The molecule has 0 aromatic rings. The summed E-state index contributed by atoms with van der Waals surface area (Å²) in [4.78, 5) is 7.86. The number of likely N-dealkylation sites (tertiary alicyclic amines) is 1. The topological polar surface area (TPSA) is 35.7 Å². The van der Waals surface area contributed by atoms with Crippen LogP contribution in [0.3, 0.4) is 0 Å². The summed E-state index contributed by atoms with van der Waals surface area (Å²) < 4.78 is 0. The molecule has 2 rings (SSSR count). The Morgan fingerprint density at radius 3 is 1.90 bits per heavy atom. The van der Waals surface area contributed by atoms with E-state index in [1.165, 1.54) is 58.7 Å². The summed E-state index contributed by atoms with van der Waals surface area (Å²) in [5.74, 6) is 0. The minimum absolute atomic E-state index is 0.273. The molecule has 2 N–H and O–H groups in total. The molecular weight excluding hydrogens is 248 g/mol. The van der Waals surface area contributed by atoms with E-state index in [-0.39, 0.29) is 5.54 Å². The Kier molecular flexibility index (Phi) is 5.11. The molecule has 0 atom stereocenters. The molecule has 4 heteroatoms. The fourth-order valence-electron chi connectivity index (χ4n) is 3.79. The van der Waals surface area contributed by atoms with E-state index in [0.29, 0.717) is 5.54 Å². The summed E-state index contributed by atoms with van der Waals surface area (Å²) in [5.41, 5.74) is 6.78. The van der Waals surface area contributed by atoms with E-state index in [0.717, 1.165) is 6.54 Å². The molecule has 0 spiro atoms. The van der Waals surface area contributed by atoms with Crippen molar-refractivity contribution < 1.29 is 0 Å². The number of hydrogen-bond donors (Lipinski definition) is 1. The summed E-state index contributed by atoms with van der Waals surface area (Å²) in [6.07, 6.45) is 2.49. The van der Waals surface area contributed by atoms with Crippen LogP contribution < -0.4 is 5.73 Å². The zero-order valence-corrected chi connectivity index (χ0v) is 14.0. The first-order chi connectivity index (χ1) is 9.41. The average molecular weight is 282 g/mol. The summed E-state index contributed by atoms with van der Waals surface area (Å²) in [5, 5.41) is 0. The predicted octanol–water partition coefficient (Wildman–Crippen LogP) is 1.22. The predicted molar refractivity (Wildman–Crippen MR) is 86.0 cm³/mol. The standard InChI is InChI=1S/C16H34N4/c1-5-18-8-6-16(14-17,7-9-18)20-12-10-19(11-13-20)15(2,3)4/h5-14,17H2,1-4H3. The molecule has 2 aliphatic heterocycles. The van der Waals surface area contributed by atoms with Gasteiger partial charge < -0.3 is 10.6 Å². The Hall–Kier alpha value is -0.160. The van der Waals surface area contributed by atoms with Crippen molar-refractivity contribution in [3.63, 3.8) is 0 Å². The number of piperidine rings is 1. The van der Waals surface area contributed by atoms with Crippen molar-refractivity contribution in [3.05, 3.63) is 0 Å². The molecule has 20 heavy (non-hydrogen) atoms. The van der Waals surface area contributed by atoms with Gasteiger partial charge in [-0.25, -0.2) is 0 Å². The van der Waals surface area contributed by atoms with Crippen LogP contribution in [-0.2, 0) is 0 Å². The van der Waals surface area contributed by atoms with Gasteiger partial charge in [0.05, 0.1) is 0 Å². The van der Waals surface area contributed by atoms with E-state index in [4.69, 9.17) is 5.73 Å². The molecule has 2 saturated heterocycles. The molecule has 2 aliphatic rings. The normalized spacial score (nSPS) is 26.9. The fourth-order valence-corrected chi connectivity index (χ4v) is 3.79. The molecule has 0 unspecified atom stereocenters. The van der Waals surface area contributed by atoms with Crippen LogP contribution in [0.1, 0.15) is 40.5 Å². The van der Waals surface area contributed by atoms with Crippen LogP contribution in [0.5, 0.6) is 0 Å². The Bertz CT molecular complexity index is 294. The van der Waals surface area contributed by atoms with Gasteiger partial charge in [0.25, 0.3) is 0 Å². The smallest absolute Gasteiger partial charge is 0.0357 e. The first-order valence-corrected chi connectivity index (χ1v) is 8.34. The maximum Gasteiger partial charge on any atom is 0.0357 e. The number of nitrogens with two attached hydrogens (primary N) is 1. The van der Waals surface area contributed by atoms with Gasteiger partial charge in [-0.2, -0.15) is 0 Å². The van der Waals surface area contributed by atoms with Crippen molar-refractivity contribution in [2.45, 2.75) is 51.6 Å². The second-order valence-electron chi connectivity index (χ2n) is 7.51. The minimum Gasteiger partial charge on any atom is -0.329 e. The Morgan fingerprint density at radius 2 is 1.50 bits per heavy atom. The lowest BCUT2D eigenvalue weighted by molar-refractivity contribution is -0.0240. The van der Waals surface area contributed by atoms with E-state index in [9.17, 15) is 0 Å². The molecule has 0 aromatic carbocycles. The third kappa shape index (κ3) is 3.35. The lowest BCUT2D eigenvalue weighted by Gasteiger charge is -2.52. The second-order valence-corrected chi connectivity index (χ2v) is 7.51. The first kappa shape index (κ1) is 16.2. The highest BCUT2D eigenvalue weighted by Gasteiger charge is 2.40. The highest BCUT2D eigenvalue weighted by molar-refractivity contribution is 4.98. The number of nitrogens with zero attached hydrogens (tertiary/aromatic N) is 3. The van der Waals surface area contributed by atoms with Crippen molar-refractivity contribution >= 4 is 0 Å². The van der Waals surface area contributed by atoms with Gasteiger partial charge in [-0.1, -0.05) is 6.92 Å². The maximum atomic E-state index is 6.20. The van der Waals surface area contributed by atoms with Crippen LogP contribution >= 0.6 is 0 Å². The quantitative estimate of drug-likeness (QED) is 0.844. The van der Waals surface area contributed by atoms with E-state index < -0.39 is 0 Å². The molecule has 0 amide bonds. The maximum absolute atomic E-state index is 6.20. The molecule has 0 aromatic heterocycles. The summed E-state index contributed by atoms with van der Waals surface area (Å²) in [6.45, 7) is 18.4. The third-order valence-corrected chi connectivity index (χ3v) is 5.51. The van der Waals surface area contributed by atoms with Crippen molar-refractivity contribution in [2.75, 3.05) is 52.4 Å².